The summed E-state index contributed by atoms with van der Waals surface area (Å²) < 4.78 is 34.6. The van der Waals surface area contributed by atoms with E-state index >= 15 is 0 Å². The second-order valence-electron chi connectivity index (χ2n) is 15.0. The van der Waals surface area contributed by atoms with Crippen molar-refractivity contribution in [3.63, 3.8) is 0 Å². The number of unbranched alkanes of at least 4 members (excludes halogenated alkanes) is 20. The van der Waals surface area contributed by atoms with Gasteiger partial charge in [0, 0.05) is 59.0 Å². The molecule has 0 amide bonds. The molecule has 0 aromatic heterocycles. The van der Waals surface area contributed by atoms with E-state index in [-0.39, 0.29) is 6.16 Å². The van der Waals surface area contributed by atoms with Crippen molar-refractivity contribution in [1.29, 1.82) is 0 Å². The molecule has 0 rings (SSSR count). The van der Waals surface area contributed by atoms with Crippen LogP contribution in [0.25, 0.3) is 0 Å². The molecule has 0 aliphatic rings. The van der Waals surface area contributed by atoms with Crippen LogP contribution in [0.15, 0.2) is 0 Å². The van der Waals surface area contributed by atoms with E-state index in [1.54, 1.807) is 0 Å². The Balaban J connectivity index is 3.25. The Morgan fingerprint density at radius 2 is 0.673 bits per heavy atom. The third-order valence-corrected chi connectivity index (χ3v) is 10.3. The lowest BCUT2D eigenvalue weighted by atomic mass is 10.0. The van der Waals surface area contributed by atoms with E-state index in [2.05, 4.69) is 21.0 Å². The normalized spacial score (nSPS) is 13.3. The van der Waals surface area contributed by atoms with E-state index in [0.717, 1.165) is 89.1 Å². The first-order valence-electron chi connectivity index (χ1n) is 20.9. The first kappa shape index (κ1) is 49.0. The summed E-state index contributed by atoms with van der Waals surface area (Å²) in [5.41, 5.74) is 0. The van der Waals surface area contributed by atoms with Gasteiger partial charge in [0.15, 0.2) is 0 Å². The van der Waals surface area contributed by atoms with Gasteiger partial charge in [0.05, 0.1) is 27.2 Å². The number of quaternary nitrogens is 1. The minimum absolute atomic E-state index is 0.164. The minimum Gasteiger partial charge on any atom is -0.779 e. The maximum Gasteiger partial charge on any atom is 0.132 e. The second kappa shape index (κ2) is 37.7. The van der Waals surface area contributed by atoms with Crippen molar-refractivity contribution in [3.05, 3.63) is 0 Å². The summed E-state index contributed by atoms with van der Waals surface area (Å²) in [7, 11) is 0.676. The quantitative estimate of drug-likeness (QED) is 0.0381. The van der Waals surface area contributed by atoms with E-state index in [0.29, 0.717) is 26.1 Å². The summed E-state index contributed by atoms with van der Waals surface area (Å²) in [5, 5.41) is 0. The van der Waals surface area contributed by atoms with Gasteiger partial charge in [-0.05, 0) is 77.0 Å². The molecule has 0 bridgehead atoms. The van der Waals surface area contributed by atoms with Crippen LogP contribution < -0.4 is 4.89 Å². The van der Waals surface area contributed by atoms with Crippen LogP contribution >= 0.6 is 7.60 Å². The smallest absolute Gasteiger partial charge is 0.132 e. The molecule has 0 saturated heterocycles. The van der Waals surface area contributed by atoms with Gasteiger partial charge >= 0.3 is 0 Å². The molecule has 0 saturated carbocycles. The number of hydrogen-bond donors (Lipinski definition) is 1. The summed E-state index contributed by atoms with van der Waals surface area (Å²) in [6.07, 6.45) is 32.3. The number of nitrogens with zero attached hydrogens (tertiary/aromatic N) is 1. The molecule has 0 spiro atoms. The molecule has 0 radical (unpaired) electrons. The Hall–Kier alpha value is -0.0500. The lowest BCUT2D eigenvalue weighted by molar-refractivity contribution is -0.890. The summed E-state index contributed by atoms with van der Waals surface area (Å²) in [6.45, 7) is 10.9. The molecule has 0 aromatic carbocycles. The van der Waals surface area contributed by atoms with Crippen molar-refractivity contribution in [2.24, 2.45) is 0 Å². The summed E-state index contributed by atoms with van der Waals surface area (Å²) in [5.74, 6) is 0. The average molecular weight is 722 g/mol. The molecular weight excluding hydrogens is 637 g/mol. The summed E-state index contributed by atoms with van der Waals surface area (Å²) in [6, 6.07) is 0. The van der Waals surface area contributed by atoms with Crippen LogP contribution in [0.4, 0.5) is 0 Å². The van der Waals surface area contributed by atoms with Gasteiger partial charge in [-0.3, -0.25) is 0 Å². The van der Waals surface area contributed by atoms with Crippen LogP contribution in [-0.4, -0.2) is 95.6 Å². The Kier molecular flexibility index (Phi) is 37.7. The predicted molar refractivity (Wildman–Crippen MR) is 206 cm³/mol. The Labute approximate surface area is 304 Å². The second-order valence-corrected chi connectivity index (χ2v) is 16.8. The standard InChI is InChI=1S/C40H84NO7P/c1-4-5-6-7-8-9-10-11-12-13-14-15-16-17-18-19-30-41(2,3)31-20-21-32-45-33-22-23-34-46-35-24-25-36-47-37-26-27-38-48-39-28-29-40-49(42,43)44/h4-40H2,1-3H3,(H-,42,43,44). The molecule has 0 aliphatic carbocycles. The fourth-order valence-corrected chi connectivity index (χ4v) is 6.72. The summed E-state index contributed by atoms with van der Waals surface area (Å²) in [4.78, 5) is 19.4. The zero-order chi connectivity index (χ0) is 36.0. The lowest BCUT2D eigenvalue weighted by Crippen LogP contribution is -2.41. The van der Waals surface area contributed by atoms with Crippen LogP contribution in [0.3, 0.4) is 0 Å². The fourth-order valence-electron chi connectivity index (χ4n) is 6.09. The van der Waals surface area contributed by atoms with Crippen LogP contribution in [0.2, 0.25) is 0 Å². The third-order valence-electron chi connectivity index (χ3n) is 9.38. The van der Waals surface area contributed by atoms with Crippen molar-refractivity contribution >= 4 is 7.60 Å². The van der Waals surface area contributed by atoms with E-state index in [1.807, 2.05) is 0 Å². The Morgan fingerprint density at radius 1 is 0.429 bits per heavy atom. The molecule has 0 aliphatic heterocycles. The van der Waals surface area contributed by atoms with E-state index in [4.69, 9.17) is 23.8 Å². The van der Waals surface area contributed by atoms with E-state index < -0.39 is 7.60 Å². The van der Waals surface area contributed by atoms with Crippen molar-refractivity contribution in [3.8, 4) is 0 Å². The minimum atomic E-state index is -4.11. The Morgan fingerprint density at radius 3 is 0.980 bits per heavy atom. The van der Waals surface area contributed by atoms with Gasteiger partial charge in [0.1, 0.15) is 7.60 Å². The number of rotatable bonds is 42. The zero-order valence-electron chi connectivity index (χ0n) is 33.0. The molecule has 1 atom stereocenters. The predicted octanol–water partition coefficient (Wildman–Crippen LogP) is 9.84. The molecule has 0 fully saturated rings. The number of ether oxygens (including phenoxy) is 4. The highest BCUT2D eigenvalue weighted by atomic mass is 31.2. The highest BCUT2D eigenvalue weighted by Crippen LogP contribution is 2.29. The highest BCUT2D eigenvalue weighted by molar-refractivity contribution is 7.50. The average Bonchev–Trinajstić information content (AvgIpc) is 3.06. The molecular formula is C40H84NO7P. The maximum atomic E-state index is 10.7. The highest BCUT2D eigenvalue weighted by Gasteiger charge is 2.13. The van der Waals surface area contributed by atoms with E-state index in [9.17, 15) is 9.46 Å². The van der Waals surface area contributed by atoms with Crippen molar-refractivity contribution < 1.29 is 37.8 Å². The summed E-state index contributed by atoms with van der Waals surface area (Å²) >= 11 is 0. The van der Waals surface area contributed by atoms with Crippen LogP contribution in [0, 0.1) is 0 Å². The van der Waals surface area contributed by atoms with E-state index in [1.165, 1.54) is 122 Å². The topological polar surface area (TPSA) is 97.3 Å². The molecule has 296 valence electrons. The largest absolute Gasteiger partial charge is 0.779 e. The molecule has 9 heteroatoms. The molecule has 0 aromatic rings. The van der Waals surface area contributed by atoms with Gasteiger partial charge in [-0.1, -0.05) is 96.8 Å². The molecule has 0 heterocycles. The van der Waals surface area contributed by atoms with Crippen LogP contribution in [0.5, 0.6) is 0 Å². The first-order chi connectivity index (χ1) is 23.8. The van der Waals surface area contributed by atoms with Gasteiger partial charge < -0.3 is 37.8 Å². The van der Waals surface area contributed by atoms with Crippen molar-refractivity contribution in [2.45, 2.75) is 174 Å². The zero-order valence-corrected chi connectivity index (χ0v) is 33.8. The third kappa shape index (κ3) is 44.0. The van der Waals surface area contributed by atoms with Crippen LogP contribution in [0.1, 0.15) is 174 Å². The molecule has 1 N–H and O–H groups in total. The van der Waals surface area contributed by atoms with Gasteiger partial charge in [0.25, 0.3) is 0 Å². The lowest BCUT2D eigenvalue weighted by Gasteiger charge is -2.30. The molecule has 49 heavy (non-hydrogen) atoms. The SMILES string of the molecule is CCCCCCCCCCCCCCCCCC[N+](C)(C)CCCCOCCCCOCCCCOCCCCOCCCCP(=O)([O-])O. The van der Waals surface area contributed by atoms with Gasteiger partial charge in [-0.2, -0.15) is 0 Å². The Bertz CT molecular complexity index is 692. The number of hydrogen-bond acceptors (Lipinski definition) is 6. The fraction of sp³-hybridized carbons (Fsp3) is 1.00. The van der Waals surface area contributed by atoms with Crippen molar-refractivity contribution in [2.75, 3.05) is 86.2 Å². The monoisotopic (exact) mass is 722 g/mol. The van der Waals surface area contributed by atoms with Gasteiger partial charge in [0.2, 0.25) is 0 Å². The van der Waals surface area contributed by atoms with Gasteiger partial charge in [-0.25, -0.2) is 0 Å². The molecule has 8 nitrogen and oxygen atoms in total. The molecule has 1 unspecified atom stereocenters. The van der Waals surface area contributed by atoms with Gasteiger partial charge in [-0.15, -0.1) is 0 Å². The van der Waals surface area contributed by atoms with Crippen LogP contribution in [-0.2, 0) is 23.5 Å². The first-order valence-corrected chi connectivity index (χ1v) is 22.7. The van der Waals surface area contributed by atoms with Crippen molar-refractivity contribution in [1.82, 2.24) is 0 Å². The maximum absolute atomic E-state index is 10.7.